The summed E-state index contributed by atoms with van der Waals surface area (Å²) in [6, 6.07) is 6.06. The van der Waals surface area contributed by atoms with E-state index in [4.69, 9.17) is 9.47 Å². The number of aromatic nitrogens is 2. The first-order valence-electron chi connectivity index (χ1n) is 9.51. The molecule has 0 N–H and O–H groups in total. The Morgan fingerprint density at radius 3 is 2.64 bits per heavy atom. The Kier molecular flexibility index (Phi) is 5.42. The van der Waals surface area contributed by atoms with Crippen LogP contribution in [0.1, 0.15) is 63.6 Å². The molecule has 0 saturated carbocycles. The number of esters is 1. The van der Waals surface area contributed by atoms with E-state index in [0.717, 1.165) is 17.7 Å². The standard InChI is InChI=1S/C23H26N2O3/c1-6-27-21(26)12-18-14-24-17(13-25-18)9-7-16-8-10-20-19(11-16)22(2,3)15-23(4,5)28-20/h8,10-11,13-14H,6,12,15H2,1-5H3. The topological polar surface area (TPSA) is 61.3 Å². The number of carbonyl (C=O) groups excluding carboxylic acids is 1. The fraction of sp³-hybridized carbons (Fsp3) is 0.435. The van der Waals surface area contributed by atoms with E-state index in [1.54, 1.807) is 19.3 Å². The van der Waals surface area contributed by atoms with E-state index in [2.05, 4.69) is 55.6 Å². The molecule has 5 nitrogen and oxygen atoms in total. The van der Waals surface area contributed by atoms with E-state index in [0.29, 0.717) is 18.0 Å². The van der Waals surface area contributed by atoms with Crippen molar-refractivity contribution < 1.29 is 14.3 Å². The van der Waals surface area contributed by atoms with E-state index >= 15 is 0 Å². The smallest absolute Gasteiger partial charge is 0.311 e. The highest BCUT2D eigenvalue weighted by molar-refractivity contribution is 5.71. The van der Waals surface area contributed by atoms with Crippen LogP contribution in [-0.2, 0) is 21.4 Å². The molecule has 1 aromatic carbocycles. The molecular formula is C23H26N2O3. The zero-order chi connectivity index (χ0) is 20.4. The molecule has 0 bridgehead atoms. The summed E-state index contributed by atoms with van der Waals surface area (Å²) in [6.45, 7) is 10.8. The first-order valence-corrected chi connectivity index (χ1v) is 9.51. The SMILES string of the molecule is CCOC(=O)Cc1cnc(C#Cc2ccc3c(c2)C(C)(C)CC(C)(C)O3)cn1. The molecule has 1 aromatic heterocycles. The van der Waals surface area contributed by atoms with Gasteiger partial charge in [0.2, 0.25) is 0 Å². The van der Waals surface area contributed by atoms with Crippen molar-refractivity contribution in [1.29, 1.82) is 0 Å². The maximum absolute atomic E-state index is 11.5. The van der Waals surface area contributed by atoms with Crippen molar-refractivity contribution in [3.05, 3.63) is 53.1 Å². The minimum atomic E-state index is -0.308. The quantitative estimate of drug-likeness (QED) is 0.600. The van der Waals surface area contributed by atoms with Crippen molar-refractivity contribution in [3.63, 3.8) is 0 Å². The average molecular weight is 378 g/mol. The third kappa shape index (κ3) is 4.69. The summed E-state index contributed by atoms with van der Waals surface area (Å²) in [5, 5.41) is 0. The average Bonchev–Trinajstić information content (AvgIpc) is 2.60. The molecule has 146 valence electrons. The molecule has 0 unspecified atom stereocenters. The molecule has 28 heavy (non-hydrogen) atoms. The molecule has 0 aliphatic carbocycles. The maximum atomic E-state index is 11.5. The highest BCUT2D eigenvalue weighted by Gasteiger charge is 2.38. The molecule has 0 radical (unpaired) electrons. The van der Waals surface area contributed by atoms with Gasteiger partial charge in [-0.25, -0.2) is 4.98 Å². The molecule has 2 heterocycles. The zero-order valence-electron chi connectivity index (χ0n) is 17.1. The van der Waals surface area contributed by atoms with Crippen molar-refractivity contribution in [1.82, 2.24) is 9.97 Å². The van der Waals surface area contributed by atoms with Crippen molar-refractivity contribution in [2.24, 2.45) is 0 Å². The lowest BCUT2D eigenvalue weighted by atomic mass is 9.73. The van der Waals surface area contributed by atoms with Gasteiger partial charge in [-0.1, -0.05) is 19.8 Å². The Bertz CT molecular complexity index is 935. The lowest BCUT2D eigenvalue weighted by Gasteiger charge is -2.42. The number of benzene rings is 1. The molecule has 1 aliphatic rings. The Balaban J connectivity index is 1.77. The Hall–Kier alpha value is -2.87. The van der Waals surface area contributed by atoms with Crippen LogP contribution in [0, 0.1) is 11.8 Å². The van der Waals surface area contributed by atoms with Gasteiger partial charge < -0.3 is 9.47 Å². The number of ether oxygens (including phenoxy) is 2. The highest BCUT2D eigenvalue weighted by atomic mass is 16.5. The van der Waals surface area contributed by atoms with Gasteiger partial charge in [-0.05, 0) is 56.7 Å². The van der Waals surface area contributed by atoms with Crippen LogP contribution in [0.2, 0.25) is 0 Å². The predicted octanol–water partition coefficient (Wildman–Crippen LogP) is 3.82. The summed E-state index contributed by atoms with van der Waals surface area (Å²) < 4.78 is 11.0. The van der Waals surface area contributed by atoms with Crippen molar-refractivity contribution in [2.45, 2.75) is 58.5 Å². The van der Waals surface area contributed by atoms with Gasteiger partial charge in [0, 0.05) is 11.1 Å². The molecule has 0 amide bonds. The van der Waals surface area contributed by atoms with E-state index in [9.17, 15) is 4.79 Å². The molecule has 5 heteroatoms. The minimum Gasteiger partial charge on any atom is -0.488 e. The van der Waals surface area contributed by atoms with E-state index < -0.39 is 0 Å². The first kappa shape index (κ1) is 19.9. The molecule has 2 aromatic rings. The summed E-state index contributed by atoms with van der Waals surface area (Å²) in [5.74, 6) is 6.81. The van der Waals surface area contributed by atoms with Crippen LogP contribution in [0.3, 0.4) is 0 Å². The summed E-state index contributed by atoms with van der Waals surface area (Å²) in [5.41, 5.74) is 3.05. The predicted molar refractivity (Wildman–Crippen MR) is 107 cm³/mol. The largest absolute Gasteiger partial charge is 0.488 e. The molecular weight excluding hydrogens is 352 g/mol. The summed E-state index contributed by atoms with van der Waals surface area (Å²) >= 11 is 0. The van der Waals surface area contributed by atoms with Crippen LogP contribution >= 0.6 is 0 Å². The monoisotopic (exact) mass is 378 g/mol. The van der Waals surface area contributed by atoms with E-state index in [-0.39, 0.29) is 23.4 Å². The van der Waals surface area contributed by atoms with Crippen LogP contribution < -0.4 is 4.74 Å². The van der Waals surface area contributed by atoms with Crippen LogP contribution in [0.15, 0.2) is 30.6 Å². The summed E-state index contributed by atoms with van der Waals surface area (Å²) in [7, 11) is 0. The van der Waals surface area contributed by atoms with Gasteiger partial charge >= 0.3 is 5.97 Å². The van der Waals surface area contributed by atoms with Crippen LogP contribution in [0.4, 0.5) is 0 Å². The van der Waals surface area contributed by atoms with Gasteiger partial charge in [0.25, 0.3) is 0 Å². The Morgan fingerprint density at radius 2 is 1.96 bits per heavy atom. The van der Waals surface area contributed by atoms with Gasteiger partial charge in [0.1, 0.15) is 17.0 Å². The Labute approximate surface area is 166 Å². The van der Waals surface area contributed by atoms with Crippen LogP contribution in [0.25, 0.3) is 0 Å². The molecule has 1 aliphatic heterocycles. The van der Waals surface area contributed by atoms with E-state index in [1.165, 1.54) is 5.56 Å². The second-order valence-electron chi connectivity index (χ2n) is 8.26. The van der Waals surface area contributed by atoms with Gasteiger partial charge in [-0.3, -0.25) is 9.78 Å². The molecule has 0 fully saturated rings. The van der Waals surface area contributed by atoms with Crippen molar-refractivity contribution in [2.75, 3.05) is 6.61 Å². The molecule has 0 saturated heterocycles. The van der Waals surface area contributed by atoms with E-state index in [1.807, 2.05) is 12.1 Å². The number of hydrogen-bond acceptors (Lipinski definition) is 5. The number of rotatable bonds is 3. The molecule has 0 spiro atoms. The highest BCUT2D eigenvalue weighted by Crippen LogP contribution is 2.44. The van der Waals surface area contributed by atoms with Crippen LogP contribution in [-0.4, -0.2) is 28.1 Å². The molecule has 0 atom stereocenters. The lowest BCUT2D eigenvalue weighted by Crippen LogP contribution is -2.41. The fourth-order valence-corrected chi connectivity index (χ4v) is 3.73. The summed E-state index contributed by atoms with van der Waals surface area (Å²) in [6.07, 6.45) is 4.20. The normalized spacial score (nSPS) is 16.2. The molecule has 3 rings (SSSR count). The minimum absolute atomic E-state index is 0.0172. The maximum Gasteiger partial charge on any atom is 0.311 e. The van der Waals surface area contributed by atoms with Crippen molar-refractivity contribution in [3.8, 4) is 17.6 Å². The van der Waals surface area contributed by atoms with Gasteiger partial charge in [-0.2, -0.15) is 0 Å². The number of fused-ring (bicyclic) bond motifs is 1. The van der Waals surface area contributed by atoms with Gasteiger partial charge in [0.05, 0.1) is 31.1 Å². The summed E-state index contributed by atoms with van der Waals surface area (Å²) in [4.78, 5) is 20.0. The van der Waals surface area contributed by atoms with Crippen molar-refractivity contribution >= 4 is 5.97 Å². The fourth-order valence-electron chi connectivity index (χ4n) is 3.73. The Morgan fingerprint density at radius 1 is 1.18 bits per heavy atom. The van der Waals surface area contributed by atoms with Gasteiger partial charge in [0.15, 0.2) is 0 Å². The number of nitrogens with zero attached hydrogens (tertiary/aromatic N) is 2. The second-order valence-corrected chi connectivity index (χ2v) is 8.26. The number of carbonyl (C=O) groups is 1. The second kappa shape index (κ2) is 7.63. The first-order chi connectivity index (χ1) is 13.2. The third-order valence-corrected chi connectivity index (χ3v) is 4.63. The third-order valence-electron chi connectivity index (χ3n) is 4.63. The van der Waals surface area contributed by atoms with Crippen LogP contribution in [0.5, 0.6) is 5.75 Å². The number of hydrogen-bond donors (Lipinski definition) is 0. The lowest BCUT2D eigenvalue weighted by molar-refractivity contribution is -0.142. The zero-order valence-corrected chi connectivity index (χ0v) is 17.1. The van der Waals surface area contributed by atoms with Gasteiger partial charge in [-0.15, -0.1) is 0 Å².